The van der Waals surface area contributed by atoms with Crippen LogP contribution in [0.2, 0.25) is 0 Å². The molecule has 0 aromatic heterocycles. The predicted molar refractivity (Wildman–Crippen MR) is 75.7 cm³/mol. The highest BCUT2D eigenvalue weighted by atomic mass is 79.9. The maximum atomic E-state index is 3.64. The minimum atomic E-state index is 0. The van der Waals surface area contributed by atoms with Crippen molar-refractivity contribution in [3.63, 3.8) is 0 Å². The lowest BCUT2D eigenvalue weighted by Gasteiger charge is -2.27. The summed E-state index contributed by atoms with van der Waals surface area (Å²) < 4.78 is 1.27. The van der Waals surface area contributed by atoms with Gasteiger partial charge in [0.15, 0.2) is 0 Å². The van der Waals surface area contributed by atoms with E-state index in [0.717, 1.165) is 0 Å². The Kier molecular flexibility index (Phi) is 4.84. The van der Waals surface area contributed by atoms with Crippen LogP contribution in [-0.2, 0) is 12.8 Å². The van der Waals surface area contributed by atoms with Gasteiger partial charge in [-0.15, -0.1) is 12.4 Å². The van der Waals surface area contributed by atoms with E-state index in [9.17, 15) is 0 Å². The van der Waals surface area contributed by atoms with Crippen LogP contribution in [0.4, 0.5) is 0 Å². The first kappa shape index (κ1) is 14.0. The van der Waals surface area contributed by atoms with E-state index in [1.54, 1.807) is 11.1 Å². The Balaban J connectivity index is 0.00000128. The normalized spacial score (nSPS) is 18.9. The highest BCUT2D eigenvalue weighted by molar-refractivity contribution is 9.10. The van der Waals surface area contributed by atoms with E-state index in [1.807, 2.05) is 0 Å². The van der Waals surface area contributed by atoms with Crippen LogP contribution in [0.3, 0.4) is 0 Å². The van der Waals surface area contributed by atoms with Gasteiger partial charge in [-0.3, -0.25) is 0 Å². The Bertz CT molecular complexity index is 390. The summed E-state index contributed by atoms with van der Waals surface area (Å²) in [7, 11) is 2.07. The number of rotatable bonds is 1. The maximum Gasteiger partial charge on any atom is 0.0210 e. The molecule has 0 fully saturated rings. The monoisotopic (exact) mass is 303 g/mol. The molecule has 1 aliphatic rings. The third kappa shape index (κ3) is 2.44. The highest BCUT2D eigenvalue weighted by Crippen LogP contribution is 2.31. The van der Waals surface area contributed by atoms with Crippen molar-refractivity contribution in [2.45, 2.75) is 39.2 Å². The number of benzene rings is 1. The number of halogens is 2. The van der Waals surface area contributed by atoms with Crippen LogP contribution in [0.5, 0.6) is 0 Å². The van der Waals surface area contributed by atoms with Gasteiger partial charge >= 0.3 is 0 Å². The fourth-order valence-corrected chi connectivity index (χ4v) is 3.11. The van der Waals surface area contributed by atoms with Crippen molar-refractivity contribution in [2.75, 3.05) is 7.05 Å². The van der Waals surface area contributed by atoms with Gasteiger partial charge in [-0.1, -0.05) is 15.9 Å². The van der Waals surface area contributed by atoms with Crippen molar-refractivity contribution < 1.29 is 0 Å². The molecule has 0 bridgehead atoms. The van der Waals surface area contributed by atoms with Crippen LogP contribution < -0.4 is 5.32 Å². The fraction of sp³-hybridized carbons (Fsp3) is 0.538. The predicted octanol–water partition coefficient (Wildman–Crippen LogP) is 3.56. The molecule has 0 heterocycles. The average Bonchev–Trinajstić information content (AvgIpc) is 2.25. The first-order valence-electron chi connectivity index (χ1n) is 5.58. The summed E-state index contributed by atoms with van der Waals surface area (Å²) in [4.78, 5) is 0. The van der Waals surface area contributed by atoms with Crippen LogP contribution in [0.25, 0.3) is 0 Å². The van der Waals surface area contributed by atoms with Crippen LogP contribution >= 0.6 is 28.3 Å². The molecule has 0 spiro atoms. The number of hydrogen-bond acceptors (Lipinski definition) is 1. The third-order valence-corrected chi connectivity index (χ3v) is 4.42. The summed E-state index contributed by atoms with van der Waals surface area (Å²) in [5.74, 6) is 0. The van der Waals surface area contributed by atoms with E-state index in [2.05, 4.69) is 48.2 Å². The first-order chi connectivity index (χ1) is 7.13. The molecule has 3 heteroatoms. The van der Waals surface area contributed by atoms with Gasteiger partial charge in [0.05, 0.1) is 0 Å². The topological polar surface area (TPSA) is 12.0 Å². The van der Waals surface area contributed by atoms with E-state index >= 15 is 0 Å². The molecule has 16 heavy (non-hydrogen) atoms. The lowest BCUT2D eigenvalue weighted by molar-refractivity contribution is 0.493. The minimum absolute atomic E-state index is 0. The van der Waals surface area contributed by atoms with E-state index in [4.69, 9.17) is 0 Å². The van der Waals surface area contributed by atoms with Crippen molar-refractivity contribution in [3.8, 4) is 0 Å². The molecule has 0 aliphatic heterocycles. The van der Waals surface area contributed by atoms with Crippen LogP contribution in [0, 0.1) is 13.8 Å². The molecule has 1 nitrogen and oxygen atoms in total. The second-order valence-electron chi connectivity index (χ2n) is 4.49. The van der Waals surface area contributed by atoms with E-state index in [0.29, 0.717) is 6.04 Å². The number of aryl methyl sites for hydroxylation is 1. The fourth-order valence-electron chi connectivity index (χ4n) is 2.53. The summed E-state index contributed by atoms with van der Waals surface area (Å²) >= 11 is 3.64. The van der Waals surface area contributed by atoms with E-state index in [1.165, 1.54) is 34.9 Å². The van der Waals surface area contributed by atoms with Crippen molar-refractivity contribution in [1.29, 1.82) is 0 Å². The van der Waals surface area contributed by atoms with Gasteiger partial charge in [0.2, 0.25) is 0 Å². The SMILES string of the molecule is CNC1CCc2c(C)c(Br)cc(C)c2C1.Cl. The zero-order valence-electron chi connectivity index (χ0n) is 10.1. The van der Waals surface area contributed by atoms with Crippen LogP contribution in [0.15, 0.2) is 10.5 Å². The molecule has 1 N–H and O–H groups in total. The molecular weight excluding hydrogens is 286 g/mol. The Hall–Kier alpha value is -0.0500. The lowest BCUT2D eigenvalue weighted by atomic mass is 9.83. The minimum Gasteiger partial charge on any atom is -0.317 e. The standard InChI is InChI=1S/C13H18BrN.ClH/c1-8-6-13(14)9(2)11-5-4-10(15-3)7-12(8)11;/h6,10,15H,4-5,7H2,1-3H3;1H. The molecule has 1 unspecified atom stereocenters. The van der Waals surface area contributed by atoms with Crippen molar-refractivity contribution >= 4 is 28.3 Å². The molecule has 2 rings (SSSR count). The quantitative estimate of drug-likeness (QED) is 0.836. The van der Waals surface area contributed by atoms with Gasteiger partial charge in [-0.25, -0.2) is 0 Å². The summed E-state index contributed by atoms with van der Waals surface area (Å²) in [6, 6.07) is 2.92. The average molecular weight is 305 g/mol. The zero-order chi connectivity index (χ0) is 11.0. The molecule has 1 aromatic carbocycles. The molecule has 0 saturated carbocycles. The third-order valence-electron chi connectivity index (χ3n) is 3.60. The zero-order valence-corrected chi connectivity index (χ0v) is 12.5. The number of hydrogen-bond donors (Lipinski definition) is 1. The molecule has 1 atom stereocenters. The second-order valence-corrected chi connectivity index (χ2v) is 5.34. The molecule has 1 aromatic rings. The second kappa shape index (κ2) is 5.52. The smallest absolute Gasteiger partial charge is 0.0210 e. The highest BCUT2D eigenvalue weighted by Gasteiger charge is 2.21. The molecule has 0 radical (unpaired) electrons. The van der Waals surface area contributed by atoms with Crippen LogP contribution in [-0.4, -0.2) is 13.1 Å². The van der Waals surface area contributed by atoms with Gasteiger partial charge in [0.1, 0.15) is 0 Å². The summed E-state index contributed by atoms with van der Waals surface area (Å²) in [6.45, 7) is 4.45. The first-order valence-corrected chi connectivity index (χ1v) is 6.37. The molecule has 0 saturated heterocycles. The number of likely N-dealkylation sites (N-methyl/N-ethyl adjacent to an activating group) is 1. The summed E-state index contributed by atoms with van der Waals surface area (Å²) in [5, 5.41) is 3.39. The maximum absolute atomic E-state index is 3.64. The van der Waals surface area contributed by atoms with E-state index in [-0.39, 0.29) is 12.4 Å². The lowest BCUT2D eigenvalue weighted by Crippen LogP contribution is -2.32. The van der Waals surface area contributed by atoms with Crippen LogP contribution in [0.1, 0.15) is 28.7 Å². The van der Waals surface area contributed by atoms with Crippen molar-refractivity contribution in [3.05, 3.63) is 32.8 Å². The van der Waals surface area contributed by atoms with E-state index < -0.39 is 0 Å². The summed E-state index contributed by atoms with van der Waals surface area (Å²) in [6.07, 6.45) is 3.67. The van der Waals surface area contributed by atoms with Crippen molar-refractivity contribution in [1.82, 2.24) is 5.32 Å². The van der Waals surface area contributed by atoms with Gasteiger partial charge in [-0.05, 0) is 68.5 Å². The van der Waals surface area contributed by atoms with Gasteiger partial charge < -0.3 is 5.32 Å². The summed E-state index contributed by atoms with van der Waals surface area (Å²) in [5.41, 5.74) is 6.02. The number of nitrogens with one attached hydrogen (secondary N) is 1. The molecule has 90 valence electrons. The largest absolute Gasteiger partial charge is 0.317 e. The van der Waals surface area contributed by atoms with Gasteiger partial charge in [-0.2, -0.15) is 0 Å². The van der Waals surface area contributed by atoms with Gasteiger partial charge in [0.25, 0.3) is 0 Å². The molecular formula is C13H19BrClN. The Morgan fingerprint density at radius 3 is 2.62 bits per heavy atom. The Labute approximate surface area is 113 Å². The molecule has 1 aliphatic carbocycles. The van der Waals surface area contributed by atoms with Gasteiger partial charge in [0, 0.05) is 10.5 Å². The Morgan fingerprint density at radius 1 is 1.31 bits per heavy atom. The Morgan fingerprint density at radius 2 is 2.00 bits per heavy atom. The molecule has 0 amide bonds. The van der Waals surface area contributed by atoms with Crippen molar-refractivity contribution in [2.24, 2.45) is 0 Å². The number of fused-ring (bicyclic) bond motifs is 1.